The Labute approximate surface area is 162 Å². The largest absolute Gasteiger partial charge is 0.486 e. The van der Waals surface area contributed by atoms with Gasteiger partial charge in [0, 0.05) is 12.1 Å². The molecule has 0 fully saturated rings. The van der Waals surface area contributed by atoms with Gasteiger partial charge < -0.3 is 14.8 Å². The molecule has 0 aromatic heterocycles. The van der Waals surface area contributed by atoms with Crippen molar-refractivity contribution in [1.82, 2.24) is 0 Å². The molecule has 1 heterocycles. The Morgan fingerprint density at radius 2 is 2.00 bits per heavy atom. The van der Waals surface area contributed by atoms with E-state index in [1.807, 2.05) is 13.8 Å². The number of nitrogens with one attached hydrogen (secondary N) is 2. The van der Waals surface area contributed by atoms with E-state index in [-0.39, 0.29) is 6.10 Å². The Hall–Kier alpha value is -2.63. The van der Waals surface area contributed by atoms with Crippen LogP contribution in [0.25, 0.3) is 0 Å². The van der Waals surface area contributed by atoms with Crippen molar-refractivity contribution in [2.24, 2.45) is 5.41 Å². The average Bonchev–Trinajstić information content (AvgIpc) is 2.55. The lowest BCUT2D eigenvalue weighted by atomic mass is 9.88. The first kappa shape index (κ1) is 21.7. The number of nitrogens with zero attached hydrogens (tertiary/aromatic N) is 1. The average molecular weight is 399 g/mol. The van der Waals surface area contributed by atoms with E-state index in [0.717, 1.165) is 13.8 Å². The highest BCUT2D eigenvalue weighted by atomic mass is 19.4. The number of fused-ring (bicyclic) bond motifs is 1. The predicted molar refractivity (Wildman–Crippen MR) is 98.3 cm³/mol. The normalized spacial score (nSPS) is 16.9. The van der Waals surface area contributed by atoms with Crippen LogP contribution in [0.4, 0.5) is 29.3 Å². The number of hydrogen-bond acceptors (Lipinski definition) is 5. The van der Waals surface area contributed by atoms with E-state index >= 15 is 0 Å². The van der Waals surface area contributed by atoms with Crippen LogP contribution in [0.5, 0.6) is 5.75 Å². The zero-order chi connectivity index (χ0) is 21.3. The number of nitriles is 1. The van der Waals surface area contributed by atoms with Gasteiger partial charge in [-0.25, -0.2) is 4.79 Å². The minimum atomic E-state index is -4.68. The van der Waals surface area contributed by atoms with Crippen molar-refractivity contribution in [3.8, 4) is 11.8 Å². The molecule has 0 saturated heterocycles. The summed E-state index contributed by atoms with van der Waals surface area (Å²) in [4.78, 5) is 11.9. The molecule has 28 heavy (non-hydrogen) atoms. The molecule has 2 rings (SSSR count). The molecule has 0 unspecified atom stereocenters. The van der Waals surface area contributed by atoms with Crippen molar-refractivity contribution in [2.75, 3.05) is 17.2 Å². The highest BCUT2D eigenvalue weighted by Crippen LogP contribution is 2.39. The molecule has 1 amide bonds. The smallest absolute Gasteiger partial charge is 0.427 e. The second-order valence-corrected chi connectivity index (χ2v) is 7.95. The van der Waals surface area contributed by atoms with Crippen molar-refractivity contribution in [2.45, 2.75) is 58.9 Å². The maximum absolute atomic E-state index is 12.9. The Balaban J connectivity index is 2.11. The number of carbonyl (C=O) groups is 1. The fourth-order valence-electron chi connectivity index (χ4n) is 2.73. The molecule has 0 saturated carbocycles. The van der Waals surface area contributed by atoms with E-state index in [4.69, 9.17) is 10.00 Å². The first-order valence-electron chi connectivity index (χ1n) is 8.78. The van der Waals surface area contributed by atoms with Crippen LogP contribution in [0.1, 0.15) is 39.7 Å². The number of anilines is 2. The highest BCUT2D eigenvalue weighted by molar-refractivity contribution is 5.88. The number of halogens is 3. The van der Waals surface area contributed by atoms with E-state index in [2.05, 4.69) is 21.4 Å². The molecular weight excluding hydrogens is 375 g/mol. The molecule has 0 bridgehead atoms. The first-order chi connectivity index (χ1) is 12.8. The summed E-state index contributed by atoms with van der Waals surface area (Å²) in [7, 11) is 0. The molecule has 0 spiro atoms. The zero-order valence-corrected chi connectivity index (χ0v) is 16.5. The Bertz CT molecular complexity index is 798. The van der Waals surface area contributed by atoms with Crippen molar-refractivity contribution in [1.29, 1.82) is 5.26 Å². The van der Waals surface area contributed by atoms with Gasteiger partial charge >= 0.3 is 12.3 Å². The molecule has 0 radical (unpaired) electrons. The maximum atomic E-state index is 12.9. The number of alkyl halides is 3. The van der Waals surface area contributed by atoms with Crippen molar-refractivity contribution in [3.05, 3.63) is 17.7 Å². The molecular formula is C19H24F3N3O3. The van der Waals surface area contributed by atoms with Crippen molar-refractivity contribution < 1.29 is 27.4 Å². The van der Waals surface area contributed by atoms with Gasteiger partial charge in [-0.15, -0.1) is 0 Å². The Morgan fingerprint density at radius 3 is 2.57 bits per heavy atom. The SMILES string of the molecule is Cc1c(NC(=O)OC(C)(C)C(F)(F)F)ccc2c1NC[C@H](CC(C)(C)C#N)O2. The van der Waals surface area contributed by atoms with Crippen LogP contribution in [0.3, 0.4) is 0 Å². The number of rotatable bonds is 4. The summed E-state index contributed by atoms with van der Waals surface area (Å²) in [5, 5.41) is 14.7. The summed E-state index contributed by atoms with van der Waals surface area (Å²) >= 11 is 0. The summed E-state index contributed by atoms with van der Waals surface area (Å²) < 4.78 is 49.1. The summed E-state index contributed by atoms with van der Waals surface area (Å²) in [5.41, 5.74) is -1.58. The van der Waals surface area contributed by atoms with E-state index in [0.29, 0.717) is 35.7 Å². The number of amides is 1. The molecule has 0 aliphatic carbocycles. The second kappa shape index (κ2) is 7.41. The van der Waals surface area contributed by atoms with Crippen LogP contribution in [0, 0.1) is 23.7 Å². The van der Waals surface area contributed by atoms with Crippen LogP contribution in [-0.2, 0) is 4.74 Å². The molecule has 1 atom stereocenters. The quantitative estimate of drug-likeness (QED) is 0.745. The molecule has 1 aromatic rings. The standard InChI is InChI=1S/C19H24F3N3O3/c1-11-13(25-16(26)28-18(4,5)19(20,21)22)6-7-14-15(11)24-9-12(27-14)8-17(2,3)10-23/h6-7,12,24H,8-9H2,1-5H3,(H,25,26)/t12-/m0/s1. The van der Waals surface area contributed by atoms with Crippen LogP contribution >= 0.6 is 0 Å². The lowest BCUT2D eigenvalue weighted by Crippen LogP contribution is -2.44. The van der Waals surface area contributed by atoms with Crippen LogP contribution < -0.4 is 15.4 Å². The molecule has 154 valence electrons. The van der Waals surface area contributed by atoms with Gasteiger partial charge in [0.2, 0.25) is 5.60 Å². The Kier molecular flexibility index (Phi) is 5.74. The van der Waals surface area contributed by atoms with Crippen LogP contribution in [0.2, 0.25) is 0 Å². The molecule has 1 aliphatic rings. The van der Waals surface area contributed by atoms with Gasteiger partial charge in [-0.3, -0.25) is 5.32 Å². The predicted octanol–water partition coefficient (Wildman–Crippen LogP) is 5.00. The number of benzene rings is 1. The van der Waals surface area contributed by atoms with Crippen LogP contribution in [-0.4, -0.2) is 30.5 Å². The zero-order valence-electron chi connectivity index (χ0n) is 16.5. The van der Waals surface area contributed by atoms with Crippen LogP contribution in [0.15, 0.2) is 12.1 Å². The first-order valence-corrected chi connectivity index (χ1v) is 8.78. The van der Waals surface area contributed by atoms with E-state index < -0.39 is 23.3 Å². The van der Waals surface area contributed by atoms with Gasteiger partial charge in [-0.2, -0.15) is 18.4 Å². The second-order valence-electron chi connectivity index (χ2n) is 7.95. The lowest BCUT2D eigenvalue weighted by Gasteiger charge is -2.32. The number of carbonyl (C=O) groups excluding carboxylic acids is 1. The summed E-state index contributed by atoms with van der Waals surface area (Å²) in [5.74, 6) is 0.553. The Morgan fingerprint density at radius 1 is 1.36 bits per heavy atom. The number of hydrogen-bond donors (Lipinski definition) is 2. The van der Waals surface area contributed by atoms with E-state index in [1.165, 1.54) is 6.07 Å². The van der Waals surface area contributed by atoms with Gasteiger partial charge in [0.15, 0.2) is 0 Å². The van der Waals surface area contributed by atoms with Gasteiger partial charge in [-0.05, 0) is 52.3 Å². The number of ether oxygens (including phenoxy) is 2. The molecule has 9 heteroatoms. The summed E-state index contributed by atoms with van der Waals surface area (Å²) in [6.07, 6.45) is -5.54. The molecule has 1 aliphatic heterocycles. The minimum Gasteiger partial charge on any atom is -0.486 e. The third-order valence-corrected chi connectivity index (χ3v) is 4.53. The van der Waals surface area contributed by atoms with Gasteiger partial charge in [0.25, 0.3) is 0 Å². The topological polar surface area (TPSA) is 83.4 Å². The molecule has 2 N–H and O–H groups in total. The van der Waals surface area contributed by atoms with Gasteiger partial charge in [-0.1, -0.05) is 0 Å². The highest BCUT2D eigenvalue weighted by Gasteiger charge is 2.51. The van der Waals surface area contributed by atoms with Gasteiger partial charge in [0.1, 0.15) is 11.9 Å². The van der Waals surface area contributed by atoms with Crippen molar-refractivity contribution in [3.63, 3.8) is 0 Å². The third kappa shape index (κ3) is 4.80. The fourth-order valence-corrected chi connectivity index (χ4v) is 2.73. The van der Waals surface area contributed by atoms with Crippen molar-refractivity contribution >= 4 is 17.5 Å². The minimum absolute atomic E-state index is 0.196. The summed E-state index contributed by atoms with van der Waals surface area (Å²) in [6.45, 7) is 7.40. The fraction of sp³-hybridized carbons (Fsp3) is 0.579. The third-order valence-electron chi connectivity index (χ3n) is 4.53. The summed E-state index contributed by atoms with van der Waals surface area (Å²) in [6, 6.07) is 5.39. The van der Waals surface area contributed by atoms with E-state index in [1.54, 1.807) is 13.0 Å². The monoisotopic (exact) mass is 399 g/mol. The molecule has 1 aromatic carbocycles. The lowest BCUT2D eigenvalue weighted by molar-refractivity contribution is -0.242. The maximum Gasteiger partial charge on any atom is 0.427 e. The van der Waals surface area contributed by atoms with Gasteiger partial charge in [0.05, 0.1) is 23.7 Å². The molecule has 6 nitrogen and oxygen atoms in total. The van der Waals surface area contributed by atoms with E-state index in [9.17, 15) is 18.0 Å².